The fourth-order valence-electron chi connectivity index (χ4n) is 2.34. The second-order valence-electron chi connectivity index (χ2n) is 5.39. The Balaban J connectivity index is 1.79. The Bertz CT molecular complexity index is 849. The van der Waals surface area contributed by atoms with Gasteiger partial charge in [0, 0.05) is 12.7 Å². The van der Waals surface area contributed by atoms with Crippen LogP contribution < -0.4 is 21.7 Å². The molecule has 8 nitrogen and oxygen atoms in total. The molecule has 0 fully saturated rings. The van der Waals surface area contributed by atoms with Gasteiger partial charge in [-0.05, 0) is 30.7 Å². The monoisotopic (exact) mass is 325 g/mol. The van der Waals surface area contributed by atoms with Crippen LogP contribution in [0.15, 0.2) is 54.7 Å². The Morgan fingerprint density at radius 3 is 3.00 bits per heavy atom. The van der Waals surface area contributed by atoms with Crippen molar-refractivity contribution in [3.05, 3.63) is 54.7 Å². The van der Waals surface area contributed by atoms with Crippen LogP contribution in [0.3, 0.4) is 0 Å². The number of nitrogens with zero attached hydrogens (tertiary/aromatic N) is 3. The standard InChI is InChI=1S/C16H19N7O/c1-10(18-2)19-14-9-23-15(21-14)7-6-13(22-23)20-12-5-3-4-11(8-12)16(17)24/h3,5-9,11,18-19H,1,4H2,2H3,(H2,17,24)(H,20,22). The van der Waals surface area contributed by atoms with Gasteiger partial charge >= 0.3 is 0 Å². The number of imidazole rings is 1. The summed E-state index contributed by atoms with van der Waals surface area (Å²) in [7, 11) is 1.77. The van der Waals surface area contributed by atoms with Gasteiger partial charge in [-0.25, -0.2) is 9.50 Å². The highest BCUT2D eigenvalue weighted by Crippen LogP contribution is 2.19. The number of aromatic nitrogens is 3. The summed E-state index contributed by atoms with van der Waals surface area (Å²) < 4.78 is 1.66. The van der Waals surface area contributed by atoms with Crippen LogP contribution in [0, 0.1) is 5.92 Å². The van der Waals surface area contributed by atoms with E-state index < -0.39 is 0 Å². The van der Waals surface area contributed by atoms with Gasteiger partial charge in [0.15, 0.2) is 17.3 Å². The van der Waals surface area contributed by atoms with Crippen LogP contribution in [0.25, 0.3) is 5.65 Å². The van der Waals surface area contributed by atoms with Crippen molar-refractivity contribution in [3.8, 4) is 0 Å². The predicted molar refractivity (Wildman–Crippen MR) is 93.0 cm³/mol. The fourth-order valence-corrected chi connectivity index (χ4v) is 2.34. The molecule has 124 valence electrons. The molecule has 8 heteroatoms. The Morgan fingerprint density at radius 2 is 2.25 bits per heavy atom. The third kappa shape index (κ3) is 3.37. The smallest absolute Gasteiger partial charge is 0.224 e. The maximum Gasteiger partial charge on any atom is 0.224 e. The van der Waals surface area contributed by atoms with E-state index in [1.807, 2.05) is 30.4 Å². The average Bonchev–Trinajstić information content (AvgIpc) is 2.96. The molecule has 1 unspecified atom stereocenters. The first kappa shape index (κ1) is 15.6. The van der Waals surface area contributed by atoms with Gasteiger partial charge in [0.1, 0.15) is 0 Å². The molecule has 5 N–H and O–H groups in total. The minimum Gasteiger partial charge on any atom is -0.375 e. The number of primary amides is 1. The van der Waals surface area contributed by atoms with Crippen LogP contribution in [-0.4, -0.2) is 27.6 Å². The minimum atomic E-state index is -0.336. The van der Waals surface area contributed by atoms with Crippen molar-refractivity contribution in [2.24, 2.45) is 11.7 Å². The molecular weight excluding hydrogens is 306 g/mol. The Kier molecular flexibility index (Phi) is 4.19. The lowest BCUT2D eigenvalue weighted by molar-refractivity contribution is -0.120. The van der Waals surface area contributed by atoms with Gasteiger partial charge in [-0.2, -0.15) is 0 Å². The maximum atomic E-state index is 11.3. The van der Waals surface area contributed by atoms with Crippen LogP contribution in [0.5, 0.6) is 0 Å². The molecule has 0 saturated heterocycles. The summed E-state index contributed by atoms with van der Waals surface area (Å²) >= 11 is 0. The number of fused-ring (bicyclic) bond motifs is 1. The molecule has 0 radical (unpaired) electrons. The molecule has 3 rings (SSSR count). The lowest BCUT2D eigenvalue weighted by Gasteiger charge is -2.14. The third-order valence-electron chi connectivity index (χ3n) is 3.61. The lowest BCUT2D eigenvalue weighted by atomic mass is 9.99. The molecule has 0 spiro atoms. The van der Waals surface area contributed by atoms with Crippen LogP contribution in [0.4, 0.5) is 11.6 Å². The first-order valence-corrected chi connectivity index (χ1v) is 7.50. The minimum absolute atomic E-state index is 0.294. The Hall–Kier alpha value is -3.29. The highest BCUT2D eigenvalue weighted by Gasteiger charge is 2.15. The van der Waals surface area contributed by atoms with Gasteiger partial charge in [-0.1, -0.05) is 12.7 Å². The fraction of sp³-hybridized carbons (Fsp3) is 0.188. The number of allylic oxidation sites excluding steroid dienone is 2. The molecular formula is C16H19N7O. The number of anilines is 2. The number of hydrogen-bond acceptors (Lipinski definition) is 6. The third-order valence-corrected chi connectivity index (χ3v) is 3.61. The largest absolute Gasteiger partial charge is 0.375 e. The van der Waals surface area contributed by atoms with E-state index in [2.05, 4.69) is 32.6 Å². The summed E-state index contributed by atoms with van der Waals surface area (Å²) in [6.45, 7) is 3.80. The van der Waals surface area contributed by atoms with Crippen molar-refractivity contribution < 1.29 is 4.79 Å². The zero-order chi connectivity index (χ0) is 17.1. The molecule has 2 aromatic heterocycles. The molecule has 2 heterocycles. The van der Waals surface area contributed by atoms with Crippen LogP contribution in [-0.2, 0) is 4.79 Å². The molecule has 0 saturated carbocycles. The topological polar surface area (TPSA) is 109 Å². The number of hydrogen-bond donors (Lipinski definition) is 4. The molecule has 24 heavy (non-hydrogen) atoms. The predicted octanol–water partition coefficient (Wildman–Crippen LogP) is 1.19. The highest BCUT2D eigenvalue weighted by molar-refractivity contribution is 5.79. The number of amides is 1. The molecule has 0 aliphatic heterocycles. The molecule has 1 atom stereocenters. The van der Waals surface area contributed by atoms with Crippen molar-refractivity contribution in [2.75, 3.05) is 17.7 Å². The summed E-state index contributed by atoms with van der Waals surface area (Å²) in [4.78, 5) is 15.7. The van der Waals surface area contributed by atoms with Crippen molar-refractivity contribution in [1.82, 2.24) is 19.9 Å². The zero-order valence-corrected chi connectivity index (χ0v) is 13.3. The average molecular weight is 325 g/mol. The van der Waals surface area contributed by atoms with E-state index in [9.17, 15) is 4.79 Å². The van der Waals surface area contributed by atoms with Gasteiger partial charge in [0.25, 0.3) is 0 Å². The second kappa shape index (κ2) is 6.45. The van der Waals surface area contributed by atoms with Crippen molar-refractivity contribution in [3.63, 3.8) is 0 Å². The van der Waals surface area contributed by atoms with Gasteiger partial charge in [0.05, 0.1) is 17.9 Å². The molecule has 0 aromatic carbocycles. The first-order valence-electron chi connectivity index (χ1n) is 7.50. The van der Waals surface area contributed by atoms with Crippen molar-refractivity contribution in [1.29, 1.82) is 0 Å². The number of carbonyl (C=O) groups excluding carboxylic acids is 1. The summed E-state index contributed by atoms with van der Waals surface area (Å²) in [6, 6.07) is 3.67. The highest BCUT2D eigenvalue weighted by atomic mass is 16.1. The van der Waals surface area contributed by atoms with Crippen LogP contribution in [0.1, 0.15) is 6.42 Å². The van der Waals surface area contributed by atoms with Crippen LogP contribution in [0.2, 0.25) is 0 Å². The van der Waals surface area contributed by atoms with E-state index in [1.54, 1.807) is 17.8 Å². The molecule has 1 amide bonds. The number of carbonyl (C=O) groups is 1. The summed E-state index contributed by atoms with van der Waals surface area (Å²) in [5.41, 5.74) is 6.85. The van der Waals surface area contributed by atoms with E-state index in [0.29, 0.717) is 29.5 Å². The number of nitrogens with two attached hydrogens (primary N) is 1. The second-order valence-corrected chi connectivity index (χ2v) is 5.39. The van der Waals surface area contributed by atoms with E-state index in [1.165, 1.54) is 0 Å². The molecule has 1 aliphatic rings. The summed E-state index contributed by atoms with van der Waals surface area (Å²) in [6.07, 6.45) is 8.02. The van der Waals surface area contributed by atoms with Gasteiger partial charge in [0.2, 0.25) is 5.91 Å². The summed E-state index contributed by atoms with van der Waals surface area (Å²) in [5.74, 6) is 1.30. The Morgan fingerprint density at radius 1 is 1.42 bits per heavy atom. The summed E-state index contributed by atoms with van der Waals surface area (Å²) in [5, 5.41) is 13.6. The van der Waals surface area contributed by atoms with Gasteiger partial charge in [-0.3, -0.25) is 4.79 Å². The van der Waals surface area contributed by atoms with E-state index in [0.717, 1.165) is 5.70 Å². The van der Waals surface area contributed by atoms with Crippen LogP contribution >= 0.6 is 0 Å². The Labute approximate surface area is 139 Å². The number of nitrogens with one attached hydrogen (secondary N) is 3. The molecule has 1 aliphatic carbocycles. The molecule has 0 bridgehead atoms. The van der Waals surface area contributed by atoms with Gasteiger partial charge in [-0.15, -0.1) is 5.10 Å². The maximum absolute atomic E-state index is 11.3. The quantitative estimate of drug-likeness (QED) is 0.635. The van der Waals surface area contributed by atoms with Crippen molar-refractivity contribution in [2.45, 2.75) is 6.42 Å². The lowest BCUT2D eigenvalue weighted by Crippen LogP contribution is -2.23. The van der Waals surface area contributed by atoms with Gasteiger partial charge < -0.3 is 21.7 Å². The number of rotatable bonds is 6. The van der Waals surface area contributed by atoms with E-state index in [4.69, 9.17) is 5.73 Å². The zero-order valence-electron chi connectivity index (χ0n) is 13.3. The van der Waals surface area contributed by atoms with Crippen molar-refractivity contribution >= 4 is 23.2 Å². The first-order chi connectivity index (χ1) is 11.5. The van der Waals surface area contributed by atoms with E-state index in [-0.39, 0.29) is 11.8 Å². The SMILES string of the molecule is C=C(NC)Nc1cn2nc(NC3=CC(C(N)=O)CC=C3)ccc2n1. The molecule has 2 aromatic rings. The van der Waals surface area contributed by atoms with E-state index >= 15 is 0 Å². The normalized spacial score (nSPS) is 16.5.